The predicted octanol–water partition coefficient (Wildman–Crippen LogP) is 1.49. The molecule has 156 valence electrons. The van der Waals surface area contributed by atoms with Crippen molar-refractivity contribution < 1.29 is 32.6 Å². The van der Waals surface area contributed by atoms with E-state index in [0.717, 1.165) is 6.26 Å². The Labute approximate surface area is 169 Å². The van der Waals surface area contributed by atoms with E-state index in [4.69, 9.17) is 9.47 Å². The second kappa shape index (κ2) is 9.53. The molecule has 9 heteroatoms. The van der Waals surface area contributed by atoms with Crippen LogP contribution in [0.4, 0.5) is 0 Å². The summed E-state index contributed by atoms with van der Waals surface area (Å²) in [7, 11) is -1.91. The molecular weight excluding hydrogens is 398 g/mol. The molecule has 2 aromatic carbocycles. The van der Waals surface area contributed by atoms with Crippen molar-refractivity contribution in [2.24, 2.45) is 0 Å². The molecule has 29 heavy (non-hydrogen) atoms. The number of esters is 1. The highest BCUT2D eigenvalue weighted by Crippen LogP contribution is 2.21. The van der Waals surface area contributed by atoms with Gasteiger partial charge in [-0.15, -0.1) is 0 Å². The number of carbonyl (C=O) groups is 2. The number of carbonyl (C=O) groups excluding carboxylic acids is 2. The smallest absolute Gasteiger partial charge is 0.331 e. The second-order valence-corrected chi connectivity index (χ2v) is 8.23. The van der Waals surface area contributed by atoms with E-state index in [9.17, 15) is 23.1 Å². The van der Waals surface area contributed by atoms with E-state index >= 15 is 0 Å². The lowest BCUT2D eigenvalue weighted by Gasteiger charge is -2.23. The van der Waals surface area contributed by atoms with E-state index in [0.29, 0.717) is 5.75 Å². The first kappa shape index (κ1) is 22.4. The first-order valence-corrected chi connectivity index (χ1v) is 10.7. The maximum Gasteiger partial charge on any atom is 0.331 e. The van der Waals surface area contributed by atoms with Crippen molar-refractivity contribution in [2.75, 3.05) is 20.0 Å². The summed E-state index contributed by atoms with van der Waals surface area (Å²) in [6.07, 6.45) is -0.376. The SMILES string of the molecule is CCOC(=O)[C@H](NC(=O)c1ccc(OC)cc1)[C@@H](O)c1ccc(S(C)(=O)=O)cc1. The molecule has 0 heterocycles. The zero-order chi connectivity index (χ0) is 21.6. The van der Waals surface area contributed by atoms with Gasteiger partial charge in [-0.25, -0.2) is 13.2 Å². The lowest BCUT2D eigenvalue weighted by atomic mass is 10.0. The van der Waals surface area contributed by atoms with Crippen molar-refractivity contribution in [1.82, 2.24) is 5.32 Å². The van der Waals surface area contributed by atoms with E-state index in [1.165, 1.54) is 43.5 Å². The van der Waals surface area contributed by atoms with Gasteiger partial charge in [0, 0.05) is 11.8 Å². The summed E-state index contributed by atoms with van der Waals surface area (Å²) in [5, 5.41) is 13.1. The molecule has 2 rings (SSSR count). The Hall–Kier alpha value is -2.91. The van der Waals surface area contributed by atoms with Crippen LogP contribution in [0.1, 0.15) is 28.9 Å². The van der Waals surface area contributed by atoms with Gasteiger partial charge in [-0.05, 0) is 48.9 Å². The van der Waals surface area contributed by atoms with Gasteiger partial charge in [0.15, 0.2) is 15.9 Å². The summed E-state index contributed by atoms with van der Waals surface area (Å²) in [6, 6.07) is 10.2. The molecule has 1 amide bonds. The number of nitrogens with one attached hydrogen (secondary N) is 1. The number of hydrogen-bond donors (Lipinski definition) is 2. The molecule has 2 N–H and O–H groups in total. The van der Waals surface area contributed by atoms with E-state index < -0.39 is 33.9 Å². The minimum atomic E-state index is -3.40. The lowest BCUT2D eigenvalue weighted by molar-refractivity contribution is -0.148. The minimum absolute atomic E-state index is 0.0630. The van der Waals surface area contributed by atoms with Gasteiger partial charge in [-0.1, -0.05) is 12.1 Å². The molecule has 0 saturated carbocycles. The molecule has 0 bridgehead atoms. The Morgan fingerprint density at radius 1 is 1.07 bits per heavy atom. The van der Waals surface area contributed by atoms with Crippen molar-refractivity contribution >= 4 is 21.7 Å². The van der Waals surface area contributed by atoms with Gasteiger partial charge in [0.25, 0.3) is 5.91 Å². The van der Waals surface area contributed by atoms with E-state index in [-0.39, 0.29) is 22.6 Å². The number of sulfone groups is 1. The topological polar surface area (TPSA) is 119 Å². The van der Waals surface area contributed by atoms with Crippen molar-refractivity contribution in [3.05, 3.63) is 59.7 Å². The maximum atomic E-state index is 12.5. The number of rotatable bonds is 8. The van der Waals surface area contributed by atoms with E-state index in [1.807, 2.05) is 0 Å². The second-order valence-electron chi connectivity index (χ2n) is 6.22. The Morgan fingerprint density at radius 3 is 2.14 bits per heavy atom. The number of methoxy groups -OCH3 is 1. The molecule has 2 atom stereocenters. The Morgan fingerprint density at radius 2 is 1.66 bits per heavy atom. The highest BCUT2D eigenvalue weighted by molar-refractivity contribution is 7.90. The number of hydrogen-bond acceptors (Lipinski definition) is 7. The van der Waals surface area contributed by atoms with Crippen molar-refractivity contribution in [3.8, 4) is 5.75 Å². The highest BCUT2D eigenvalue weighted by Gasteiger charge is 2.31. The molecule has 0 radical (unpaired) electrons. The summed E-state index contributed by atoms with van der Waals surface area (Å²) < 4.78 is 33.2. The van der Waals surface area contributed by atoms with Gasteiger partial charge in [-0.2, -0.15) is 0 Å². The zero-order valence-electron chi connectivity index (χ0n) is 16.3. The Bertz CT molecular complexity index is 953. The summed E-state index contributed by atoms with van der Waals surface area (Å²) in [6.45, 7) is 1.67. The minimum Gasteiger partial charge on any atom is -0.497 e. The molecule has 0 fully saturated rings. The zero-order valence-corrected chi connectivity index (χ0v) is 17.1. The number of aliphatic hydroxyl groups is 1. The Balaban J connectivity index is 2.26. The molecule has 0 aromatic heterocycles. The van der Waals surface area contributed by atoms with Crippen LogP contribution in [0.15, 0.2) is 53.4 Å². The van der Waals surface area contributed by atoms with E-state index in [2.05, 4.69) is 5.32 Å². The number of aliphatic hydroxyl groups excluding tert-OH is 1. The third kappa shape index (κ3) is 5.78. The highest BCUT2D eigenvalue weighted by atomic mass is 32.2. The molecule has 2 aromatic rings. The van der Waals surface area contributed by atoms with Crippen LogP contribution in [0, 0.1) is 0 Å². The van der Waals surface area contributed by atoms with Crippen LogP contribution >= 0.6 is 0 Å². The fourth-order valence-corrected chi connectivity index (χ4v) is 3.20. The average Bonchev–Trinajstić information content (AvgIpc) is 2.71. The molecular formula is C20H23NO7S. The van der Waals surface area contributed by atoms with Crippen molar-refractivity contribution in [3.63, 3.8) is 0 Å². The van der Waals surface area contributed by atoms with Gasteiger partial charge in [0.1, 0.15) is 11.9 Å². The lowest BCUT2D eigenvalue weighted by Crippen LogP contribution is -2.46. The van der Waals surface area contributed by atoms with Crippen LogP contribution in [0.5, 0.6) is 5.75 Å². The van der Waals surface area contributed by atoms with Gasteiger partial charge in [0.05, 0.1) is 18.6 Å². The summed E-state index contributed by atoms with van der Waals surface area (Å²) in [4.78, 5) is 24.9. The summed E-state index contributed by atoms with van der Waals surface area (Å²) in [5.41, 5.74) is 0.519. The first-order chi connectivity index (χ1) is 13.7. The molecule has 0 aliphatic carbocycles. The van der Waals surface area contributed by atoms with E-state index in [1.54, 1.807) is 19.1 Å². The van der Waals surface area contributed by atoms with Crippen LogP contribution < -0.4 is 10.1 Å². The fourth-order valence-electron chi connectivity index (χ4n) is 2.57. The number of ether oxygens (including phenoxy) is 2. The van der Waals surface area contributed by atoms with Crippen LogP contribution in [-0.2, 0) is 19.4 Å². The third-order valence-corrected chi connectivity index (χ3v) is 5.27. The van der Waals surface area contributed by atoms with Crippen LogP contribution in [0.3, 0.4) is 0 Å². The van der Waals surface area contributed by atoms with Crippen molar-refractivity contribution in [2.45, 2.75) is 24.0 Å². The van der Waals surface area contributed by atoms with Gasteiger partial charge in [-0.3, -0.25) is 4.79 Å². The number of amides is 1. The fraction of sp³-hybridized carbons (Fsp3) is 0.300. The normalized spacial score (nSPS) is 13.2. The summed E-state index contributed by atoms with van der Waals surface area (Å²) >= 11 is 0. The Kier molecular flexibility index (Phi) is 7.35. The molecule has 0 aliphatic heterocycles. The van der Waals surface area contributed by atoms with Crippen LogP contribution in [-0.4, -0.2) is 51.4 Å². The molecule has 0 saturated heterocycles. The summed E-state index contributed by atoms with van der Waals surface area (Å²) in [5.74, 6) is -0.832. The predicted molar refractivity (Wildman–Crippen MR) is 105 cm³/mol. The van der Waals surface area contributed by atoms with Gasteiger partial charge in [0.2, 0.25) is 0 Å². The van der Waals surface area contributed by atoms with Crippen molar-refractivity contribution in [1.29, 1.82) is 0 Å². The molecule has 0 unspecified atom stereocenters. The van der Waals surface area contributed by atoms with Crippen LogP contribution in [0.25, 0.3) is 0 Å². The standard InChI is InChI=1S/C20H23NO7S/c1-4-28-20(24)17(21-19(23)14-5-9-15(27-2)10-6-14)18(22)13-7-11-16(12-8-13)29(3,25)26/h5-12,17-18,22H,4H2,1-3H3,(H,21,23)/t17-,18+/m1/s1. The largest absolute Gasteiger partial charge is 0.497 e. The van der Waals surface area contributed by atoms with Crippen LogP contribution in [0.2, 0.25) is 0 Å². The van der Waals surface area contributed by atoms with Gasteiger partial charge < -0.3 is 19.9 Å². The van der Waals surface area contributed by atoms with Gasteiger partial charge >= 0.3 is 5.97 Å². The monoisotopic (exact) mass is 421 g/mol. The maximum absolute atomic E-state index is 12.5. The third-order valence-electron chi connectivity index (χ3n) is 4.14. The quantitative estimate of drug-likeness (QED) is 0.620. The number of benzene rings is 2. The molecule has 0 spiro atoms. The molecule has 8 nitrogen and oxygen atoms in total. The average molecular weight is 421 g/mol. The molecule has 0 aliphatic rings. The first-order valence-electron chi connectivity index (χ1n) is 8.77.